The van der Waals surface area contributed by atoms with E-state index in [4.69, 9.17) is 10.00 Å². The smallest absolute Gasteiger partial charge is 0.266 e. The van der Waals surface area contributed by atoms with Crippen molar-refractivity contribution in [3.8, 4) is 17.9 Å². The third-order valence-electron chi connectivity index (χ3n) is 3.00. The van der Waals surface area contributed by atoms with E-state index in [0.717, 1.165) is 0 Å². The van der Waals surface area contributed by atoms with Crippen molar-refractivity contribution in [2.45, 2.75) is 0 Å². The molecule has 0 fully saturated rings. The summed E-state index contributed by atoms with van der Waals surface area (Å²) in [4.78, 5) is 12.2. The fourth-order valence-corrected chi connectivity index (χ4v) is 1.90. The summed E-state index contributed by atoms with van der Waals surface area (Å²) in [7, 11) is 0. The lowest BCUT2D eigenvalue weighted by atomic mass is 10.1. The van der Waals surface area contributed by atoms with E-state index < -0.39 is 11.7 Å². The number of halogens is 1. The second kappa shape index (κ2) is 8.11. The largest absolute Gasteiger partial charge is 0.478 e. The topological polar surface area (TPSA) is 85.9 Å². The number of para-hydroxylation sites is 2. The molecule has 0 atom stereocenters. The fourth-order valence-electron chi connectivity index (χ4n) is 1.90. The van der Waals surface area contributed by atoms with E-state index in [1.165, 1.54) is 24.3 Å². The normalized spacial score (nSPS) is 10.4. The number of carbonyl (C=O) groups is 1. The van der Waals surface area contributed by atoms with Crippen molar-refractivity contribution in [2.24, 2.45) is 0 Å². The lowest BCUT2D eigenvalue weighted by Crippen LogP contribution is -2.14. The van der Waals surface area contributed by atoms with Gasteiger partial charge in [-0.3, -0.25) is 4.79 Å². The summed E-state index contributed by atoms with van der Waals surface area (Å²) in [5.41, 5.74) is 0.233. The van der Waals surface area contributed by atoms with E-state index in [1.54, 1.807) is 36.4 Å². The standard InChI is InChI=1S/C18H12FN3O2/c19-15-6-2-3-7-16(15)22-18(23)14(12-21)11-13-5-1-4-8-17(13)24-10-9-20/h1-8,11H,10H2,(H,22,23)/b14-11+. The van der Waals surface area contributed by atoms with Gasteiger partial charge in [0.25, 0.3) is 5.91 Å². The maximum Gasteiger partial charge on any atom is 0.266 e. The van der Waals surface area contributed by atoms with Crippen LogP contribution in [0.4, 0.5) is 10.1 Å². The second-order valence-electron chi connectivity index (χ2n) is 4.59. The predicted molar refractivity (Wildman–Crippen MR) is 86.2 cm³/mol. The summed E-state index contributed by atoms with van der Waals surface area (Å²) in [6.07, 6.45) is 1.32. The monoisotopic (exact) mass is 321 g/mol. The Morgan fingerprint density at radius 3 is 2.58 bits per heavy atom. The number of amides is 1. The van der Waals surface area contributed by atoms with Crippen molar-refractivity contribution in [2.75, 3.05) is 11.9 Å². The number of ether oxygens (including phenoxy) is 1. The van der Waals surface area contributed by atoms with Gasteiger partial charge < -0.3 is 10.1 Å². The first-order chi connectivity index (χ1) is 11.7. The number of hydrogen-bond acceptors (Lipinski definition) is 4. The molecule has 0 bridgehead atoms. The van der Waals surface area contributed by atoms with E-state index in [0.29, 0.717) is 11.3 Å². The number of nitriles is 2. The van der Waals surface area contributed by atoms with Crippen LogP contribution in [-0.4, -0.2) is 12.5 Å². The van der Waals surface area contributed by atoms with Crippen LogP contribution in [0.5, 0.6) is 5.75 Å². The van der Waals surface area contributed by atoms with Gasteiger partial charge >= 0.3 is 0 Å². The van der Waals surface area contributed by atoms with E-state index >= 15 is 0 Å². The Morgan fingerprint density at radius 1 is 1.17 bits per heavy atom. The average Bonchev–Trinajstić information content (AvgIpc) is 2.60. The van der Waals surface area contributed by atoms with Crippen LogP contribution in [0.1, 0.15) is 5.56 Å². The van der Waals surface area contributed by atoms with Gasteiger partial charge in [-0.25, -0.2) is 4.39 Å². The zero-order valence-electron chi connectivity index (χ0n) is 12.5. The highest BCUT2D eigenvalue weighted by atomic mass is 19.1. The van der Waals surface area contributed by atoms with Crippen LogP contribution in [0.2, 0.25) is 0 Å². The van der Waals surface area contributed by atoms with Crippen LogP contribution >= 0.6 is 0 Å². The number of anilines is 1. The zero-order valence-corrected chi connectivity index (χ0v) is 12.5. The molecule has 0 unspecified atom stereocenters. The number of nitrogens with zero attached hydrogens (tertiary/aromatic N) is 2. The minimum Gasteiger partial charge on any atom is -0.478 e. The Balaban J connectivity index is 2.27. The molecule has 0 aliphatic heterocycles. The highest BCUT2D eigenvalue weighted by Gasteiger charge is 2.13. The minimum absolute atomic E-state index is 0.0161. The molecule has 0 spiro atoms. The molecule has 0 radical (unpaired) electrons. The van der Waals surface area contributed by atoms with Gasteiger partial charge in [-0.05, 0) is 24.3 Å². The van der Waals surface area contributed by atoms with Crippen molar-refractivity contribution in [3.63, 3.8) is 0 Å². The summed E-state index contributed by atoms with van der Waals surface area (Å²) in [6.45, 7) is -0.159. The molecule has 6 heteroatoms. The van der Waals surface area contributed by atoms with Crippen molar-refractivity contribution in [1.82, 2.24) is 0 Å². The molecule has 1 amide bonds. The Labute approximate surface area is 138 Å². The molecule has 1 N–H and O–H groups in total. The number of hydrogen-bond donors (Lipinski definition) is 1. The SMILES string of the molecule is N#CCOc1ccccc1/C=C(\C#N)C(=O)Nc1ccccc1F. The molecule has 0 aliphatic carbocycles. The zero-order chi connectivity index (χ0) is 17.4. The number of carbonyl (C=O) groups excluding carboxylic acids is 1. The van der Waals surface area contributed by atoms with Gasteiger partial charge in [0.05, 0.1) is 5.69 Å². The number of rotatable bonds is 5. The maximum atomic E-state index is 13.6. The molecule has 24 heavy (non-hydrogen) atoms. The lowest BCUT2D eigenvalue weighted by Gasteiger charge is -2.07. The van der Waals surface area contributed by atoms with Crippen LogP contribution in [-0.2, 0) is 4.79 Å². The van der Waals surface area contributed by atoms with E-state index in [2.05, 4.69) is 5.32 Å². The van der Waals surface area contributed by atoms with Crippen LogP contribution in [0.25, 0.3) is 6.08 Å². The fraction of sp³-hybridized carbons (Fsp3) is 0.0556. The lowest BCUT2D eigenvalue weighted by molar-refractivity contribution is -0.112. The molecule has 2 rings (SSSR count). The van der Waals surface area contributed by atoms with Crippen LogP contribution in [0.15, 0.2) is 54.1 Å². The Hall–Kier alpha value is -3.64. The van der Waals surface area contributed by atoms with Crippen molar-refractivity contribution in [3.05, 3.63) is 65.5 Å². The summed E-state index contributed by atoms with van der Waals surface area (Å²) >= 11 is 0. The van der Waals surface area contributed by atoms with E-state index in [1.807, 2.05) is 6.07 Å². The first-order valence-corrected chi connectivity index (χ1v) is 6.92. The second-order valence-corrected chi connectivity index (χ2v) is 4.59. The third kappa shape index (κ3) is 4.19. The first-order valence-electron chi connectivity index (χ1n) is 6.92. The van der Waals surface area contributed by atoms with Gasteiger partial charge in [-0.1, -0.05) is 30.3 Å². The molecular formula is C18H12FN3O2. The first kappa shape index (κ1) is 16.7. The van der Waals surface area contributed by atoms with E-state index in [-0.39, 0.29) is 17.9 Å². The molecule has 5 nitrogen and oxygen atoms in total. The van der Waals surface area contributed by atoms with Crippen molar-refractivity contribution >= 4 is 17.7 Å². The molecule has 0 saturated carbocycles. The molecule has 0 aromatic heterocycles. The van der Waals surface area contributed by atoms with Gasteiger partial charge in [-0.15, -0.1) is 0 Å². The van der Waals surface area contributed by atoms with Gasteiger partial charge in [-0.2, -0.15) is 10.5 Å². The third-order valence-corrected chi connectivity index (χ3v) is 3.00. The molecule has 2 aromatic rings. The number of benzene rings is 2. The molecule has 0 aliphatic rings. The van der Waals surface area contributed by atoms with Crippen LogP contribution in [0.3, 0.4) is 0 Å². The van der Waals surface area contributed by atoms with Crippen LogP contribution < -0.4 is 10.1 Å². The number of nitrogens with one attached hydrogen (secondary N) is 1. The van der Waals surface area contributed by atoms with E-state index in [9.17, 15) is 14.4 Å². The quantitative estimate of drug-likeness (QED) is 0.676. The predicted octanol–water partition coefficient (Wildman–Crippen LogP) is 3.27. The molecule has 2 aromatic carbocycles. The highest BCUT2D eigenvalue weighted by Crippen LogP contribution is 2.21. The van der Waals surface area contributed by atoms with Gasteiger partial charge in [0.2, 0.25) is 0 Å². The molecule has 0 heterocycles. The van der Waals surface area contributed by atoms with Gasteiger partial charge in [0, 0.05) is 5.56 Å². The van der Waals surface area contributed by atoms with Crippen LogP contribution in [0, 0.1) is 28.5 Å². The van der Waals surface area contributed by atoms with Gasteiger partial charge in [0.1, 0.15) is 29.3 Å². The van der Waals surface area contributed by atoms with Crippen molar-refractivity contribution in [1.29, 1.82) is 10.5 Å². The average molecular weight is 321 g/mol. The summed E-state index contributed by atoms with van der Waals surface area (Å²) in [5.74, 6) is -0.968. The minimum atomic E-state index is -0.738. The van der Waals surface area contributed by atoms with Gasteiger partial charge in [0.15, 0.2) is 6.61 Å². The summed E-state index contributed by atoms with van der Waals surface area (Å²) < 4.78 is 18.8. The maximum absolute atomic E-state index is 13.6. The molecule has 0 saturated heterocycles. The molecular weight excluding hydrogens is 309 g/mol. The summed E-state index contributed by atoms with van der Waals surface area (Å²) in [5, 5.41) is 20.1. The Bertz CT molecular complexity index is 863. The summed E-state index contributed by atoms with van der Waals surface area (Å²) in [6, 6.07) is 16.0. The Kier molecular flexibility index (Phi) is 5.65. The molecule has 118 valence electrons. The highest BCUT2D eigenvalue weighted by molar-refractivity contribution is 6.09. The van der Waals surface area contributed by atoms with Crippen molar-refractivity contribution < 1.29 is 13.9 Å². The Morgan fingerprint density at radius 2 is 1.88 bits per heavy atom.